The summed E-state index contributed by atoms with van der Waals surface area (Å²) in [6.07, 6.45) is 11.4. The Morgan fingerprint density at radius 2 is 1.68 bits per heavy atom. The molecule has 1 rings (SSSR count). The smallest absolute Gasteiger partial charge is 0.162 e. The molecule has 0 aromatic rings. The van der Waals surface area contributed by atoms with Crippen molar-refractivity contribution in [2.24, 2.45) is 11.3 Å². The molecule has 0 amide bonds. The molecule has 3 nitrogen and oxygen atoms in total. The second-order valence-corrected chi connectivity index (χ2v) is 8.57. The van der Waals surface area contributed by atoms with Crippen LogP contribution in [-0.4, -0.2) is 32.2 Å². The van der Waals surface area contributed by atoms with E-state index < -0.39 is 0 Å². The monoisotopic (exact) mass is 392 g/mol. The van der Waals surface area contributed by atoms with Crippen LogP contribution in [0.25, 0.3) is 0 Å². The minimum atomic E-state index is -0.240. The highest BCUT2D eigenvalue weighted by Gasteiger charge is 2.27. The maximum Gasteiger partial charge on any atom is 0.162 e. The molecule has 0 bridgehead atoms. The van der Waals surface area contributed by atoms with Gasteiger partial charge in [-0.25, -0.2) is 0 Å². The lowest BCUT2D eigenvalue weighted by Crippen LogP contribution is -2.34. The maximum atomic E-state index is 5.99. The molecule has 0 radical (unpaired) electrons. The molecule has 3 heteroatoms. The van der Waals surface area contributed by atoms with E-state index in [0.717, 1.165) is 6.42 Å². The number of hydrogen-bond acceptors (Lipinski definition) is 3. The molecule has 1 aliphatic carbocycles. The van der Waals surface area contributed by atoms with Gasteiger partial charge in [0.15, 0.2) is 6.29 Å². The lowest BCUT2D eigenvalue weighted by Gasteiger charge is -2.34. The van der Waals surface area contributed by atoms with Gasteiger partial charge in [-0.15, -0.1) is 0 Å². The molecule has 1 aliphatic rings. The van der Waals surface area contributed by atoms with Crippen LogP contribution >= 0.6 is 0 Å². The predicted molar refractivity (Wildman–Crippen MR) is 119 cm³/mol. The van der Waals surface area contributed by atoms with Gasteiger partial charge in [-0.2, -0.15) is 0 Å². The minimum Gasteiger partial charge on any atom is -0.374 e. The van der Waals surface area contributed by atoms with Crippen LogP contribution in [0.3, 0.4) is 0 Å². The SMILES string of the molecule is CCOC(/C=C/C(C)=C/CC1=C(C)CCCC1(C)C)C(C)C(OCC)OCC. The van der Waals surface area contributed by atoms with Crippen LogP contribution in [0.5, 0.6) is 0 Å². The summed E-state index contributed by atoms with van der Waals surface area (Å²) in [5.74, 6) is 0.131. The average Bonchev–Trinajstić information content (AvgIpc) is 2.63. The molecule has 0 saturated carbocycles. The second-order valence-electron chi connectivity index (χ2n) is 8.57. The van der Waals surface area contributed by atoms with Crippen molar-refractivity contribution in [1.82, 2.24) is 0 Å². The first kappa shape index (κ1) is 25.1. The first-order valence-corrected chi connectivity index (χ1v) is 11.2. The Labute approximate surface area is 174 Å². The van der Waals surface area contributed by atoms with Crippen LogP contribution < -0.4 is 0 Å². The van der Waals surface area contributed by atoms with Crippen LogP contribution in [0, 0.1) is 11.3 Å². The highest BCUT2D eigenvalue weighted by Crippen LogP contribution is 2.42. The summed E-state index contributed by atoms with van der Waals surface area (Å²) < 4.78 is 17.6. The Kier molecular flexibility index (Phi) is 11.3. The third-order valence-electron chi connectivity index (χ3n) is 5.83. The molecule has 28 heavy (non-hydrogen) atoms. The van der Waals surface area contributed by atoms with Crippen LogP contribution in [-0.2, 0) is 14.2 Å². The Morgan fingerprint density at radius 3 is 2.21 bits per heavy atom. The zero-order chi connectivity index (χ0) is 21.2. The normalized spacial score (nSPS) is 20.2. The zero-order valence-corrected chi connectivity index (χ0v) is 19.6. The van der Waals surface area contributed by atoms with Gasteiger partial charge in [0, 0.05) is 25.7 Å². The average molecular weight is 393 g/mol. The van der Waals surface area contributed by atoms with Crippen molar-refractivity contribution in [3.63, 3.8) is 0 Å². The van der Waals surface area contributed by atoms with Crippen molar-refractivity contribution < 1.29 is 14.2 Å². The molecule has 2 unspecified atom stereocenters. The summed E-state index contributed by atoms with van der Waals surface area (Å²) in [5, 5.41) is 0. The quantitative estimate of drug-likeness (QED) is 0.206. The van der Waals surface area contributed by atoms with E-state index in [1.807, 2.05) is 20.8 Å². The molecule has 0 fully saturated rings. The molecule has 0 aromatic heterocycles. The number of ether oxygens (including phenoxy) is 3. The van der Waals surface area contributed by atoms with Crippen LogP contribution in [0.15, 0.2) is 34.9 Å². The highest BCUT2D eigenvalue weighted by atomic mass is 16.7. The van der Waals surface area contributed by atoms with E-state index in [1.165, 1.54) is 24.8 Å². The Morgan fingerprint density at radius 1 is 1.07 bits per heavy atom. The fraction of sp³-hybridized carbons (Fsp3) is 0.760. The first-order chi connectivity index (χ1) is 13.3. The van der Waals surface area contributed by atoms with Gasteiger partial charge >= 0.3 is 0 Å². The fourth-order valence-electron chi connectivity index (χ4n) is 4.11. The standard InChI is InChI=1S/C25H44O3/c1-9-26-23(21(6)24(27-10-2)28-11-3)17-15-19(4)14-16-22-20(5)13-12-18-25(22,7)8/h14-15,17,21,23-24H,9-13,16,18H2,1-8H3/b17-15+,19-14+. The summed E-state index contributed by atoms with van der Waals surface area (Å²) in [5.41, 5.74) is 4.81. The molecule has 162 valence electrons. The van der Waals surface area contributed by atoms with Gasteiger partial charge in [0.2, 0.25) is 0 Å². The van der Waals surface area contributed by atoms with E-state index >= 15 is 0 Å². The van der Waals surface area contributed by atoms with Crippen molar-refractivity contribution in [2.45, 2.75) is 93.5 Å². The molecule has 0 N–H and O–H groups in total. The van der Waals surface area contributed by atoms with Gasteiger partial charge in [0.05, 0.1) is 6.10 Å². The summed E-state index contributed by atoms with van der Waals surface area (Å²) in [4.78, 5) is 0. The summed E-state index contributed by atoms with van der Waals surface area (Å²) in [7, 11) is 0. The van der Waals surface area contributed by atoms with Gasteiger partial charge in [-0.3, -0.25) is 0 Å². The lowest BCUT2D eigenvalue weighted by molar-refractivity contribution is -0.182. The number of rotatable bonds is 12. The van der Waals surface area contributed by atoms with Crippen molar-refractivity contribution >= 4 is 0 Å². The van der Waals surface area contributed by atoms with Crippen LogP contribution in [0.1, 0.15) is 81.1 Å². The Hall–Kier alpha value is -0.900. The molecule has 2 atom stereocenters. The fourth-order valence-corrected chi connectivity index (χ4v) is 4.11. The first-order valence-electron chi connectivity index (χ1n) is 11.2. The molecule has 0 spiro atoms. The topological polar surface area (TPSA) is 27.7 Å². The molecule has 0 heterocycles. The number of hydrogen-bond donors (Lipinski definition) is 0. The molecule has 0 aliphatic heterocycles. The minimum absolute atomic E-state index is 0.0245. The van der Waals surface area contributed by atoms with E-state index in [1.54, 1.807) is 11.1 Å². The van der Waals surface area contributed by atoms with Crippen molar-refractivity contribution in [1.29, 1.82) is 0 Å². The maximum absolute atomic E-state index is 5.99. The van der Waals surface area contributed by atoms with E-state index in [4.69, 9.17) is 14.2 Å². The Balaban J connectivity index is 2.84. The number of allylic oxidation sites excluding steroid dienone is 5. The van der Waals surface area contributed by atoms with Crippen molar-refractivity contribution in [3.05, 3.63) is 34.9 Å². The third kappa shape index (κ3) is 7.85. The summed E-state index contributed by atoms with van der Waals surface area (Å²) in [6, 6.07) is 0. The zero-order valence-electron chi connectivity index (χ0n) is 19.6. The van der Waals surface area contributed by atoms with E-state index in [9.17, 15) is 0 Å². The largest absolute Gasteiger partial charge is 0.374 e. The Bertz CT molecular complexity index is 536. The predicted octanol–water partition coefficient (Wildman–Crippen LogP) is 6.85. The van der Waals surface area contributed by atoms with Gasteiger partial charge in [-0.05, 0) is 65.7 Å². The second kappa shape index (κ2) is 12.6. The van der Waals surface area contributed by atoms with E-state index in [-0.39, 0.29) is 18.3 Å². The van der Waals surface area contributed by atoms with Crippen LogP contribution in [0.4, 0.5) is 0 Å². The van der Waals surface area contributed by atoms with E-state index in [2.05, 4.69) is 52.8 Å². The summed E-state index contributed by atoms with van der Waals surface area (Å²) >= 11 is 0. The third-order valence-corrected chi connectivity index (χ3v) is 5.83. The van der Waals surface area contributed by atoms with Gasteiger partial charge in [0.1, 0.15) is 0 Å². The van der Waals surface area contributed by atoms with Gasteiger partial charge in [0.25, 0.3) is 0 Å². The molecular weight excluding hydrogens is 348 g/mol. The van der Waals surface area contributed by atoms with Crippen LogP contribution in [0.2, 0.25) is 0 Å². The molecular formula is C25H44O3. The van der Waals surface area contributed by atoms with E-state index in [0.29, 0.717) is 25.2 Å². The lowest BCUT2D eigenvalue weighted by atomic mass is 9.71. The van der Waals surface area contributed by atoms with Crippen molar-refractivity contribution in [2.75, 3.05) is 19.8 Å². The van der Waals surface area contributed by atoms with Gasteiger partial charge < -0.3 is 14.2 Å². The molecule has 0 aromatic carbocycles. The highest BCUT2D eigenvalue weighted by molar-refractivity contribution is 5.28. The summed E-state index contributed by atoms with van der Waals surface area (Å²) in [6.45, 7) is 19.4. The molecule has 0 saturated heterocycles. The van der Waals surface area contributed by atoms with Gasteiger partial charge in [-0.1, -0.05) is 55.7 Å². The van der Waals surface area contributed by atoms with Crippen molar-refractivity contribution in [3.8, 4) is 0 Å².